The zero-order valence-electron chi connectivity index (χ0n) is 15.1. The second-order valence-electron chi connectivity index (χ2n) is 7.42. The van der Waals surface area contributed by atoms with Crippen LogP contribution >= 0.6 is 0 Å². The molecule has 2 aliphatic rings. The molecule has 1 aromatic carbocycles. The molecule has 2 saturated heterocycles. The Bertz CT molecular complexity index is 648. The van der Waals surface area contributed by atoms with Gasteiger partial charge in [-0.3, -0.25) is 0 Å². The van der Waals surface area contributed by atoms with E-state index in [1.165, 1.54) is 0 Å². The van der Waals surface area contributed by atoms with Gasteiger partial charge in [0.05, 0.1) is 5.75 Å². The van der Waals surface area contributed by atoms with E-state index in [4.69, 9.17) is 4.74 Å². The van der Waals surface area contributed by atoms with E-state index in [9.17, 15) is 8.42 Å². The van der Waals surface area contributed by atoms with Crippen LogP contribution in [-0.2, 0) is 20.5 Å². The summed E-state index contributed by atoms with van der Waals surface area (Å²) in [6, 6.07) is 8.36. The Kier molecular flexibility index (Phi) is 6.49. The molecule has 0 aromatic heterocycles. The van der Waals surface area contributed by atoms with Crippen LogP contribution in [0.2, 0.25) is 0 Å². The van der Waals surface area contributed by atoms with Crippen LogP contribution in [0.3, 0.4) is 0 Å². The molecule has 0 amide bonds. The predicted octanol–water partition coefficient (Wildman–Crippen LogP) is 2.31. The van der Waals surface area contributed by atoms with Gasteiger partial charge in [0.1, 0.15) is 0 Å². The fourth-order valence-corrected chi connectivity index (χ4v) is 5.10. The van der Waals surface area contributed by atoms with Gasteiger partial charge in [-0.15, -0.1) is 0 Å². The Hall–Kier alpha value is -0.950. The van der Waals surface area contributed by atoms with Crippen molar-refractivity contribution in [3.63, 3.8) is 0 Å². The monoisotopic (exact) mass is 366 g/mol. The predicted molar refractivity (Wildman–Crippen MR) is 99.9 cm³/mol. The summed E-state index contributed by atoms with van der Waals surface area (Å²) < 4.78 is 32.9. The largest absolute Gasteiger partial charge is 0.381 e. The van der Waals surface area contributed by atoms with Crippen molar-refractivity contribution < 1.29 is 13.2 Å². The molecule has 25 heavy (non-hydrogen) atoms. The molecule has 6 heteroatoms. The van der Waals surface area contributed by atoms with Gasteiger partial charge in [-0.25, -0.2) is 13.1 Å². The van der Waals surface area contributed by atoms with E-state index in [1.54, 1.807) is 0 Å². The van der Waals surface area contributed by atoms with Gasteiger partial charge in [-0.1, -0.05) is 29.8 Å². The summed E-state index contributed by atoms with van der Waals surface area (Å²) in [5, 5.41) is 0. The van der Waals surface area contributed by atoms with Crippen molar-refractivity contribution in [2.24, 2.45) is 5.92 Å². The summed E-state index contributed by atoms with van der Waals surface area (Å²) in [6.45, 7) is 6.46. The smallest absolute Gasteiger partial charge is 0.215 e. The molecule has 3 rings (SSSR count). The number of likely N-dealkylation sites (tertiary alicyclic amines) is 1. The van der Waals surface area contributed by atoms with Crippen molar-refractivity contribution in [1.29, 1.82) is 0 Å². The maximum Gasteiger partial charge on any atom is 0.215 e. The number of nitrogens with zero attached hydrogens (tertiary/aromatic N) is 1. The summed E-state index contributed by atoms with van der Waals surface area (Å²) in [7, 11) is -3.26. The molecule has 0 aliphatic carbocycles. The number of hydrogen-bond acceptors (Lipinski definition) is 4. The van der Waals surface area contributed by atoms with Gasteiger partial charge in [0.15, 0.2) is 0 Å². The average molecular weight is 367 g/mol. The molecule has 2 heterocycles. The Morgan fingerprint density at radius 2 is 1.88 bits per heavy atom. The van der Waals surface area contributed by atoms with E-state index in [-0.39, 0.29) is 5.75 Å². The van der Waals surface area contributed by atoms with E-state index in [2.05, 4.69) is 9.62 Å². The maximum atomic E-state index is 12.3. The first-order valence-electron chi connectivity index (χ1n) is 9.36. The van der Waals surface area contributed by atoms with Gasteiger partial charge in [-0.05, 0) is 57.2 Å². The molecule has 0 bridgehead atoms. The van der Waals surface area contributed by atoms with Crippen molar-refractivity contribution in [2.75, 3.05) is 32.8 Å². The molecule has 1 aromatic rings. The molecule has 0 saturated carbocycles. The lowest BCUT2D eigenvalue weighted by atomic mass is 9.94. The maximum absolute atomic E-state index is 12.3. The topological polar surface area (TPSA) is 58.6 Å². The van der Waals surface area contributed by atoms with Gasteiger partial charge in [-0.2, -0.15) is 0 Å². The van der Waals surface area contributed by atoms with Crippen LogP contribution in [0.4, 0.5) is 0 Å². The number of aryl methyl sites for hydroxylation is 1. The van der Waals surface area contributed by atoms with Gasteiger partial charge in [0, 0.05) is 25.8 Å². The minimum atomic E-state index is -3.26. The average Bonchev–Trinajstić information content (AvgIpc) is 2.61. The number of ether oxygens (including phenoxy) is 1. The van der Waals surface area contributed by atoms with Crippen LogP contribution in [0.25, 0.3) is 0 Å². The minimum Gasteiger partial charge on any atom is -0.381 e. The second-order valence-corrected chi connectivity index (χ2v) is 9.23. The second kappa shape index (κ2) is 8.62. The Balaban J connectivity index is 1.42. The molecule has 0 unspecified atom stereocenters. The molecule has 2 aliphatic heterocycles. The number of sulfonamides is 1. The zero-order chi connectivity index (χ0) is 17.7. The lowest BCUT2D eigenvalue weighted by Crippen LogP contribution is -2.45. The van der Waals surface area contributed by atoms with Crippen molar-refractivity contribution >= 4 is 10.0 Å². The molecule has 0 spiro atoms. The third kappa shape index (κ3) is 5.78. The fraction of sp³-hybridized carbons (Fsp3) is 0.684. The van der Waals surface area contributed by atoms with E-state index in [1.807, 2.05) is 31.2 Å². The molecular formula is C19H30N2O3S. The van der Waals surface area contributed by atoms with Gasteiger partial charge >= 0.3 is 0 Å². The number of piperidine rings is 1. The SMILES string of the molecule is Cc1cccc(CS(=O)(=O)NCC2CCN(C3CCOCC3)CC2)c1. The first-order chi connectivity index (χ1) is 12.0. The van der Waals surface area contributed by atoms with E-state index < -0.39 is 10.0 Å². The third-order valence-electron chi connectivity index (χ3n) is 5.39. The van der Waals surface area contributed by atoms with E-state index in [0.29, 0.717) is 18.5 Å². The first-order valence-corrected chi connectivity index (χ1v) is 11.0. The zero-order valence-corrected chi connectivity index (χ0v) is 15.9. The molecule has 5 nitrogen and oxygen atoms in total. The van der Waals surface area contributed by atoms with E-state index in [0.717, 1.165) is 63.1 Å². The highest BCUT2D eigenvalue weighted by molar-refractivity contribution is 7.88. The normalized spacial score (nSPS) is 21.5. The summed E-state index contributed by atoms with van der Waals surface area (Å²) >= 11 is 0. The summed E-state index contributed by atoms with van der Waals surface area (Å²) in [5.41, 5.74) is 1.94. The molecule has 2 fully saturated rings. The Morgan fingerprint density at radius 3 is 2.56 bits per heavy atom. The molecular weight excluding hydrogens is 336 g/mol. The highest BCUT2D eigenvalue weighted by Crippen LogP contribution is 2.23. The van der Waals surface area contributed by atoms with Gasteiger partial charge in [0.25, 0.3) is 0 Å². The van der Waals surface area contributed by atoms with Crippen molar-refractivity contribution in [1.82, 2.24) is 9.62 Å². The molecule has 0 atom stereocenters. The van der Waals surface area contributed by atoms with Crippen molar-refractivity contribution in [2.45, 2.75) is 44.4 Å². The molecule has 0 radical (unpaired) electrons. The first kappa shape index (κ1) is 18.8. The molecule has 1 N–H and O–H groups in total. The molecule has 140 valence electrons. The van der Waals surface area contributed by atoms with Crippen LogP contribution in [0, 0.1) is 12.8 Å². The minimum absolute atomic E-state index is 0.0651. The van der Waals surface area contributed by atoms with Crippen LogP contribution in [0.1, 0.15) is 36.8 Å². The summed E-state index contributed by atoms with van der Waals surface area (Å²) in [6.07, 6.45) is 4.41. The van der Waals surface area contributed by atoms with Crippen molar-refractivity contribution in [3.8, 4) is 0 Å². The van der Waals surface area contributed by atoms with Crippen LogP contribution in [0.5, 0.6) is 0 Å². The highest BCUT2D eigenvalue weighted by Gasteiger charge is 2.27. The lowest BCUT2D eigenvalue weighted by molar-refractivity contribution is 0.0214. The Labute approximate surface area is 151 Å². The van der Waals surface area contributed by atoms with Crippen molar-refractivity contribution in [3.05, 3.63) is 35.4 Å². The van der Waals surface area contributed by atoms with Crippen LogP contribution in [-0.4, -0.2) is 52.2 Å². The quantitative estimate of drug-likeness (QED) is 0.839. The standard InChI is InChI=1S/C19H30N2O3S/c1-16-3-2-4-18(13-16)15-25(22,23)20-14-17-5-9-21(10-6-17)19-7-11-24-12-8-19/h2-4,13,17,19-20H,5-12,14-15H2,1H3. The van der Waals surface area contributed by atoms with Gasteiger partial charge in [0.2, 0.25) is 10.0 Å². The lowest BCUT2D eigenvalue weighted by Gasteiger charge is -2.39. The summed E-state index contributed by atoms with van der Waals surface area (Å²) in [5.74, 6) is 0.513. The van der Waals surface area contributed by atoms with E-state index >= 15 is 0 Å². The highest BCUT2D eigenvalue weighted by atomic mass is 32.2. The third-order valence-corrected chi connectivity index (χ3v) is 6.71. The number of benzene rings is 1. The summed E-state index contributed by atoms with van der Waals surface area (Å²) in [4.78, 5) is 2.57. The fourth-order valence-electron chi connectivity index (χ4n) is 3.89. The number of rotatable bonds is 6. The van der Waals surface area contributed by atoms with Crippen LogP contribution < -0.4 is 4.72 Å². The van der Waals surface area contributed by atoms with Crippen LogP contribution in [0.15, 0.2) is 24.3 Å². The number of nitrogens with one attached hydrogen (secondary N) is 1. The number of hydrogen-bond donors (Lipinski definition) is 1. The Morgan fingerprint density at radius 1 is 1.16 bits per heavy atom. The van der Waals surface area contributed by atoms with Gasteiger partial charge < -0.3 is 9.64 Å².